The van der Waals surface area contributed by atoms with Gasteiger partial charge in [-0.3, -0.25) is 9.59 Å². The molecule has 3 N–H and O–H groups in total. The van der Waals surface area contributed by atoms with Gasteiger partial charge in [0.1, 0.15) is 0 Å². The van der Waals surface area contributed by atoms with E-state index < -0.39 is 5.97 Å². The van der Waals surface area contributed by atoms with E-state index in [2.05, 4.69) is 0 Å². The first-order valence-corrected chi connectivity index (χ1v) is 6.49. The number of nitrogen functional groups attached to an aromatic ring is 1. The molecule has 2 fully saturated rings. The van der Waals surface area contributed by atoms with E-state index in [9.17, 15) is 14.4 Å². The number of anilines is 2. The van der Waals surface area contributed by atoms with Crippen molar-refractivity contribution in [3.63, 3.8) is 0 Å². The second-order valence-electron chi connectivity index (χ2n) is 5.30. The molecule has 104 valence electrons. The Labute approximate surface area is 115 Å². The first kappa shape index (κ1) is 12.7. The molecule has 1 saturated carbocycles. The Morgan fingerprint density at radius 1 is 1.20 bits per heavy atom. The van der Waals surface area contributed by atoms with E-state index in [1.807, 2.05) is 0 Å². The molecule has 1 aliphatic heterocycles. The van der Waals surface area contributed by atoms with Gasteiger partial charge in [-0.15, -0.1) is 0 Å². The second-order valence-corrected chi connectivity index (χ2v) is 5.30. The fourth-order valence-corrected chi connectivity index (χ4v) is 3.03. The maximum atomic E-state index is 12.3. The zero-order valence-electron chi connectivity index (χ0n) is 10.7. The van der Waals surface area contributed by atoms with Crippen molar-refractivity contribution in [3.05, 3.63) is 23.8 Å². The lowest BCUT2D eigenvalue weighted by Gasteiger charge is -2.30. The third kappa shape index (κ3) is 1.76. The van der Waals surface area contributed by atoms with Gasteiger partial charge in [-0.1, -0.05) is 0 Å². The SMILES string of the molecule is Nc1cc(C(=O)O)ccc1N1C(=O)C2CCC(C2)C1=O. The first-order valence-electron chi connectivity index (χ1n) is 6.49. The number of carbonyl (C=O) groups is 3. The van der Waals surface area contributed by atoms with Crippen molar-refractivity contribution in [3.8, 4) is 0 Å². The average Bonchev–Trinajstić information content (AvgIpc) is 2.85. The smallest absolute Gasteiger partial charge is 0.335 e. The number of rotatable bonds is 2. The Balaban J connectivity index is 2.02. The van der Waals surface area contributed by atoms with E-state index in [0.717, 1.165) is 17.7 Å². The number of carbonyl (C=O) groups excluding carboxylic acids is 2. The number of carboxylic acid groups (broad SMARTS) is 1. The van der Waals surface area contributed by atoms with E-state index in [4.69, 9.17) is 10.8 Å². The highest BCUT2D eigenvalue weighted by molar-refractivity contribution is 6.20. The van der Waals surface area contributed by atoms with Gasteiger partial charge in [0.05, 0.1) is 16.9 Å². The molecule has 1 aromatic carbocycles. The lowest BCUT2D eigenvalue weighted by atomic mass is 9.96. The maximum Gasteiger partial charge on any atom is 0.335 e. The van der Waals surface area contributed by atoms with E-state index in [1.165, 1.54) is 18.2 Å². The molecule has 6 nitrogen and oxygen atoms in total. The van der Waals surface area contributed by atoms with Crippen LogP contribution < -0.4 is 10.6 Å². The van der Waals surface area contributed by atoms with Gasteiger partial charge in [-0.05, 0) is 37.5 Å². The molecule has 2 bridgehead atoms. The van der Waals surface area contributed by atoms with E-state index in [1.54, 1.807) is 0 Å². The standard InChI is InChI=1S/C14H14N2O4/c15-10-6-9(14(19)20)3-4-11(10)16-12(17)7-1-2-8(5-7)13(16)18/h3-4,6-8H,1-2,5,15H2,(H,19,20). The number of piperidine rings is 1. The minimum Gasteiger partial charge on any atom is -0.478 e. The molecule has 2 unspecified atom stereocenters. The Morgan fingerprint density at radius 2 is 1.80 bits per heavy atom. The summed E-state index contributed by atoms with van der Waals surface area (Å²) in [6.45, 7) is 0. The molecular formula is C14H14N2O4. The van der Waals surface area contributed by atoms with Gasteiger partial charge < -0.3 is 10.8 Å². The van der Waals surface area contributed by atoms with Crippen LogP contribution in [0.4, 0.5) is 11.4 Å². The van der Waals surface area contributed by atoms with E-state index in [0.29, 0.717) is 12.1 Å². The van der Waals surface area contributed by atoms with Crippen molar-refractivity contribution < 1.29 is 19.5 Å². The summed E-state index contributed by atoms with van der Waals surface area (Å²) in [5.74, 6) is -1.77. The number of nitrogens with two attached hydrogens (primary N) is 1. The summed E-state index contributed by atoms with van der Waals surface area (Å²) in [4.78, 5) is 36.6. The molecule has 2 atom stereocenters. The van der Waals surface area contributed by atoms with Crippen LogP contribution in [0.15, 0.2) is 18.2 Å². The Bertz CT molecular complexity index is 604. The van der Waals surface area contributed by atoms with Crippen LogP contribution >= 0.6 is 0 Å². The van der Waals surface area contributed by atoms with Crippen LogP contribution in [0.5, 0.6) is 0 Å². The number of hydrogen-bond acceptors (Lipinski definition) is 4. The van der Waals surface area contributed by atoms with Gasteiger partial charge in [-0.25, -0.2) is 9.69 Å². The molecule has 0 radical (unpaired) electrons. The molecule has 2 amide bonds. The van der Waals surface area contributed by atoms with Crippen LogP contribution in [0.1, 0.15) is 29.6 Å². The number of amides is 2. The fourth-order valence-electron chi connectivity index (χ4n) is 3.03. The normalized spacial score (nSPS) is 25.1. The summed E-state index contributed by atoms with van der Waals surface area (Å²) < 4.78 is 0. The molecule has 1 aliphatic carbocycles. The summed E-state index contributed by atoms with van der Waals surface area (Å²) >= 11 is 0. The third-order valence-corrected chi connectivity index (χ3v) is 4.09. The van der Waals surface area contributed by atoms with Gasteiger partial charge in [-0.2, -0.15) is 0 Å². The Morgan fingerprint density at radius 3 is 2.30 bits per heavy atom. The number of hydrogen-bond donors (Lipinski definition) is 2. The number of nitrogens with zero attached hydrogens (tertiary/aromatic N) is 1. The molecule has 3 rings (SSSR count). The van der Waals surface area contributed by atoms with Gasteiger partial charge in [0.2, 0.25) is 11.8 Å². The molecule has 1 saturated heterocycles. The summed E-state index contributed by atoms with van der Waals surface area (Å²) in [6.07, 6.45) is 2.10. The fraction of sp³-hybridized carbons (Fsp3) is 0.357. The van der Waals surface area contributed by atoms with Crippen LogP contribution in [-0.4, -0.2) is 22.9 Å². The minimum absolute atomic E-state index is 0.0335. The summed E-state index contributed by atoms with van der Waals surface area (Å²) in [5.41, 5.74) is 6.28. The van der Waals surface area contributed by atoms with E-state index in [-0.39, 0.29) is 34.9 Å². The quantitative estimate of drug-likeness (QED) is 0.624. The number of imide groups is 1. The number of aromatic carboxylic acids is 1. The van der Waals surface area contributed by atoms with Crippen molar-refractivity contribution in [2.75, 3.05) is 10.6 Å². The van der Waals surface area contributed by atoms with E-state index >= 15 is 0 Å². The van der Waals surface area contributed by atoms with Gasteiger partial charge >= 0.3 is 5.97 Å². The molecule has 1 heterocycles. The van der Waals surface area contributed by atoms with Crippen LogP contribution in [-0.2, 0) is 9.59 Å². The van der Waals surface area contributed by atoms with Crippen molar-refractivity contribution in [2.24, 2.45) is 11.8 Å². The predicted molar refractivity (Wildman–Crippen MR) is 71.1 cm³/mol. The molecule has 1 aromatic rings. The number of fused-ring (bicyclic) bond motifs is 2. The molecule has 2 aliphatic rings. The largest absolute Gasteiger partial charge is 0.478 e. The highest BCUT2D eigenvalue weighted by atomic mass is 16.4. The minimum atomic E-state index is -1.10. The molecule has 6 heteroatoms. The topological polar surface area (TPSA) is 101 Å². The van der Waals surface area contributed by atoms with Gasteiger partial charge in [0.15, 0.2) is 0 Å². The number of carboxylic acids is 1. The van der Waals surface area contributed by atoms with Crippen LogP contribution in [0.3, 0.4) is 0 Å². The molecule has 0 spiro atoms. The van der Waals surface area contributed by atoms with Crippen molar-refractivity contribution in [2.45, 2.75) is 19.3 Å². The summed E-state index contributed by atoms with van der Waals surface area (Å²) in [6, 6.07) is 4.05. The predicted octanol–water partition coefficient (Wildman–Crippen LogP) is 1.26. The summed E-state index contributed by atoms with van der Waals surface area (Å²) in [7, 11) is 0. The monoisotopic (exact) mass is 274 g/mol. The Hall–Kier alpha value is -2.37. The van der Waals surface area contributed by atoms with Crippen LogP contribution in [0.25, 0.3) is 0 Å². The van der Waals surface area contributed by atoms with Crippen molar-refractivity contribution in [1.82, 2.24) is 0 Å². The highest BCUT2D eigenvalue weighted by Gasteiger charge is 2.46. The maximum absolute atomic E-state index is 12.3. The molecule has 20 heavy (non-hydrogen) atoms. The zero-order valence-corrected chi connectivity index (χ0v) is 10.7. The van der Waals surface area contributed by atoms with Crippen LogP contribution in [0.2, 0.25) is 0 Å². The third-order valence-electron chi connectivity index (χ3n) is 4.09. The molecule has 0 aromatic heterocycles. The number of benzene rings is 1. The lowest BCUT2D eigenvalue weighted by molar-refractivity contribution is -0.132. The highest BCUT2D eigenvalue weighted by Crippen LogP contribution is 2.41. The average molecular weight is 274 g/mol. The summed E-state index contributed by atoms with van der Waals surface area (Å²) in [5, 5.41) is 8.91. The molecular weight excluding hydrogens is 260 g/mol. The van der Waals surface area contributed by atoms with Crippen molar-refractivity contribution >= 4 is 29.2 Å². The lowest BCUT2D eigenvalue weighted by Crippen LogP contribution is -2.46. The van der Waals surface area contributed by atoms with Gasteiger partial charge in [0, 0.05) is 11.8 Å². The second kappa shape index (κ2) is 4.33. The van der Waals surface area contributed by atoms with Crippen molar-refractivity contribution in [1.29, 1.82) is 0 Å². The van der Waals surface area contributed by atoms with Crippen LogP contribution in [0, 0.1) is 11.8 Å². The first-order chi connectivity index (χ1) is 9.49. The van der Waals surface area contributed by atoms with Gasteiger partial charge in [0.25, 0.3) is 0 Å². The zero-order chi connectivity index (χ0) is 14.4. The Kier molecular flexibility index (Phi) is 2.74.